The van der Waals surface area contributed by atoms with E-state index in [9.17, 15) is 9.59 Å². The molecule has 4 nitrogen and oxygen atoms in total. The minimum atomic E-state index is -0.391. The number of hydrogen-bond acceptors (Lipinski definition) is 4. The molecular formula is C17H15NO3S. The predicted octanol–water partition coefficient (Wildman–Crippen LogP) is 4.03. The maximum atomic E-state index is 12.3. The summed E-state index contributed by atoms with van der Waals surface area (Å²) in [6.07, 6.45) is 0. The lowest BCUT2D eigenvalue weighted by Crippen LogP contribution is -2.12. The first-order valence-electron chi connectivity index (χ1n) is 6.87. The van der Waals surface area contributed by atoms with Crippen LogP contribution < -0.4 is 10.9 Å². The van der Waals surface area contributed by atoms with Gasteiger partial charge in [0.15, 0.2) is 0 Å². The Hall–Kier alpha value is -2.40. The van der Waals surface area contributed by atoms with Crippen LogP contribution in [0, 0.1) is 20.8 Å². The van der Waals surface area contributed by atoms with Crippen LogP contribution in [-0.2, 0) is 0 Å². The Labute approximate surface area is 131 Å². The molecular weight excluding hydrogens is 298 g/mol. The van der Waals surface area contributed by atoms with Crippen molar-refractivity contribution in [3.8, 4) is 0 Å². The fourth-order valence-corrected chi connectivity index (χ4v) is 3.38. The lowest BCUT2D eigenvalue weighted by molar-refractivity contribution is 0.102. The van der Waals surface area contributed by atoms with Crippen LogP contribution in [0.3, 0.4) is 0 Å². The van der Waals surface area contributed by atoms with Crippen molar-refractivity contribution >= 4 is 33.9 Å². The van der Waals surface area contributed by atoms with E-state index in [1.807, 2.05) is 39.0 Å². The highest BCUT2D eigenvalue weighted by Gasteiger charge is 2.13. The molecule has 0 radical (unpaired) electrons. The molecule has 3 rings (SSSR count). The maximum absolute atomic E-state index is 12.3. The third-order valence-corrected chi connectivity index (χ3v) is 4.46. The summed E-state index contributed by atoms with van der Waals surface area (Å²) in [6.45, 7) is 5.76. The molecule has 5 heteroatoms. The zero-order valence-corrected chi connectivity index (χ0v) is 13.3. The second-order valence-corrected chi connectivity index (χ2v) is 6.70. The van der Waals surface area contributed by atoms with Gasteiger partial charge < -0.3 is 9.73 Å². The quantitative estimate of drug-likeness (QED) is 0.727. The summed E-state index contributed by atoms with van der Waals surface area (Å²) >= 11 is 1.59. The monoisotopic (exact) mass is 313 g/mol. The largest absolute Gasteiger partial charge is 0.423 e. The molecule has 0 atom stereocenters. The molecule has 0 aliphatic rings. The van der Waals surface area contributed by atoms with E-state index in [1.54, 1.807) is 17.4 Å². The van der Waals surface area contributed by atoms with Crippen molar-refractivity contribution in [2.24, 2.45) is 0 Å². The molecule has 0 fully saturated rings. The topological polar surface area (TPSA) is 59.3 Å². The molecule has 3 aromatic rings. The van der Waals surface area contributed by atoms with Crippen LogP contribution >= 0.6 is 11.3 Å². The van der Waals surface area contributed by atoms with Gasteiger partial charge in [0.25, 0.3) is 5.91 Å². The van der Waals surface area contributed by atoms with E-state index in [4.69, 9.17) is 4.42 Å². The zero-order valence-electron chi connectivity index (χ0n) is 12.5. The second-order valence-electron chi connectivity index (χ2n) is 5.24. The van der Waals surface area contributed by atoms with Gasteiger partial charge in [-0.3, -0.25) is 4.79 Å². The van der Waals surface area contributed by atoms with E-state index >= 15 is 0 Å². The smallest absolute Gasteiger partial charge is 0.336 e. The second kappa shape index (κ2) is 5.42. The third-order valence-electron chi connectivity index (χ3n) is 3.49. The molecule has 22 heavy (non-hydrogen) atoms. The molecule has 0 bridgehead atoms. The Morgan fingerprint density at radius 2 is 1.91 bits per heavy atom. The first-order valence-corrected chi connectivity index (χ1v) is 7.68. The highest BCUT2D eigenvalue weighted by Crippen LogP contribution is 2.24. The summed E-state index contributed by atoms with van der Waals surface area (Å²) < 4.78 is 5.19. The standard InChI is InChI=1S/C17H15NO3S/c1-9-6-16(19)21-15-8-12(4-5-13(9)15)18-17(20)14-7-10(2)22-11(14)3/h4-8H,1-3H3,(H,18,20). The lowest BCUT2D eigenvalue weighted by atomic mass is 10.1. The minimum absolute atomic E-state index is 0.156. The van der Waals surface area contributed by atoms with Crippen molar-refractivity contribution in [3.05, 3.63) is 61.6 Å². The predicted molar refractivity (Wildman–Crippen MR) is 89.0 cm³/mol. The third kappa shape index (κ3) is 2.67. The Balaban J connectivity index is 1.96. The number of anilines is 1. The van der Waals surface area contributed by atoms with E-state index in [-0.39, 0.29) is 5.91 Å². The van der Waals surface area contributed by atoms with Crippen LogP contribution in [0.2, 0.25) is 0 Å². The van der Waals surface area contributed by atoms with Crippen LogP contribution in [0.25, 0.3) is 11.0 Å². The lowest BCUT2D eigenvalue weighted by Gasteiger charge is -2.06. The Kier molecular flexibility index (Phi) is 3.58. The van der Waals surface area contributed by atoms with Crippen molar-refractivity contribution in [1.82, 2.24) is 0 Å². The number of rotatable bonds is 2. The van der Waals surface area contributed by atoms with Gasteiger partial charge in [-0.15, -0.1) is 11.3 Å². The van der Waals surface area contributed by atoms with Gasteiger partial charge in [0.05, 0.1) is 5.56 Å². The van der Waals surface area contributed by atoms with Gasteiger partial charge in [0, 0.05) is 33.0 Å². The van der Waals surface area contributed by atoms with Crippen molar-refractivity contribution in [2.75, 3.05) is 5.32 Å². The average molecular weight is 313 g/mol. The summed E-state index contributed by atoms with van der Waals surface area (Å²) in [5, 5.41) is 3.71. The number of amides is 1. The van der Waals surface area contributed by atoms with Crippen molar-refractivity contribution < 1.29 is 9.21 Å². The molecule has 1 N–H and O–H groups in total. The molecule has 0 saturated heterocycles. The molecule has 0 aliphatic carbocycles. The van der Waals surface area contributed by atoms with Gasteiger partial charge in [-0.1, -0.05) is 0 Å². The van der Waals surface area contributed by atoms with Gasteiger partial charge >= 0.3 is 5.63 Å². The Morgan fingerprint density at radius 3 is 2.59 bits per heavy atom. The van der Waals surface area contributed by atoms with E-state index in [1.165, 1.54) is 6.07 Å². The summed E-state index contributed by atoms with van der Waals surface area (Å²) in [7, 11) is 0. The number of nitrogens with one attached hydrogen (secondary N) is 1. The van der Waals surface area contributed by atoms with Gasteiger partial charge in [-0.05, 0) is 44.5 Å². The molecule has 0 saturated carbocycles. The number of hydrogen-bond donors (Lipinski definition) is 1. The number of fused-ring (bicyclic) bond motifs is 1. The van der Waals surface area contributed by atoms with Crippen molar-refractivity contribution in [3.63, 3.8) is 0 Å². The molecule has 0 spiro atoms. The van der Waals surface area contributed by atoms with Gasteiger partial charge in [0.1, 0.15) is 5.58 Å². The highest BCUT2D eigenvalue weighted by atomic mass is 32.1. The number of carbonyl (C=O) groups excluding carboxylic acids is 1. The van der Waals surface area contributed by atoms with Crippen LogP contribution in [0.15, 0.2) is 39.5 Å². The van der Waals surface area contributed by atoms with Crippen molar-refractivity contribution in [1.29, 1.82) is 0 Å². The first kappa shape index (κ1) is 14.5. The maximum Gasteiger partial charge on any atom is 0.336 e. The molecule has 112 valence electrons. The summed E-state index contributed by atoms with van der Waals surface area (Å²) in [5.74, 6) is -0.156. The number of aryl methyl sites for hydroxylation is 3. The van der Waals surface area contributed by atoms with E-state index in [0.29, 0.717) is 16.8 Å². The molecule has 1 amide bonds. The van der Waals surface area contributed by atoms with Crippen LogP contribution in [0.1, 0.15) is 25.7 Å². The zero-order chi connectivity index (χ0) is 15.9. The number of carbonyl (C=O) groups is 1. The number of thiophene rings is 1. The summed E-state index contributed by atoms with van der Waals surface area (Å²) in [4.78, 5) is 25.9. The minimum Gasteiger partial charge on any atom is -0.423 e. The van der Waals surface area contributed by atoms with E-state index < -0.39 is 5.63 Å². The SMILES string of the molecule is Cc1cc(C(=O)Nc2ccc3c(C)cc(=O)oc3c2)c(C)s1. The van der Waals surface area contributed by atoms with Crippen molar-refractivity contribution in [2.45, 2.75) is 20.8 Å². The van der Waals surface area contributed by atoms with Gasteiger partial charge in [-0.2, -0.15) is 0 Å². The first-order chi connectivity index (χ1) is 10.4. The fraction of sp³-hybridized carbons (Fsp3) is 0.176. The van der Waals surface area contributed by atoms with Crippen LogP contribution in [0.5, 0.6) is 0 Å². The summed E-state index contributed by atoms with van der Waals surface area (Å²) in [6, 6.07) is 8.66. The molecule has 2 aromatic heterocycles. The highest BCUT2D eigenvalue weighted by molar-refractivity contribution is 7.12. The van der Waals surface area contributed by atoms with Gasteiger partial charge in [-0.25, -0.2) is 4.79 Å². The summed E-state index contributed by atoms with van der Waals surface area (Å²) in [5.41, 5.74) is 2.22. The fourth-order valence-electron chi connectivity index (χ4n) is 2.46. The Morgan fingerprint density at radius 1 is 1.14 bits per heavy atom. The molecule has 0 unspecified atom stereocenters. The normalized spacial score (nSPS) is 10.9. The average Bonchev–Trinajstić information content (AvgIpc) is 2.77. The Bertz CT molecular complexity index is 937. The number of benzene rings is 1. The van der Waals surface area contributed by atoms with Gasteiger partial charge in [0.2, 0.25) is 0 Å². The van der Waals surface area contributed by atoms with Crippen LogP contribution in [-0.4, -0.2) is 5.91 Å². The van der Waals surface area contributed by atoms with Crippen LogP contribution in [0.4, 0.5) is 5.69 Å². The van der Waals surface area contributed by atoms with E-state index in [0.717, 1.165) is 20.7 Å². The molecule has 1 aromatic carbocycles. The molecule has 0 aliphatic heterocycles. The van der Waals surface area contributed by atoms with E-state index in [2.05, 4.69) is 5.32 Å². The molecule has 2 heterocycles.